The van der Waals surface area contributed by atoms with Gasteiger partial charge in [-0.15, -0.1) is 0 Å². The second-order valence-corrected chi connectivity index (χ2v) is 34.6. The third-order valence-corrected chi connectivity index (χ3v) is 25.3. The molecule has 3 fully saturated rings. The summed E-state index contributed by atoms with van der Waals surface area (Å²) in [5.74, 6) is -4.45. The van der Waals surface area contributed by atoms with Gasteiger partial charge in [0, 0.05) is 12.8 Å². The summed E-state index contributed by atoms with van der Waals surface area (Å²) >= 11 is 0. The molecule has 9 nitrogen and oxygen atoms in total. The Morgan fingerprint density at radius 2 is 0.845 bits per heavy atom. The van der Waals surface area contributed by atoms with Crippen molar-refractivity contribution in [2.45, 2.75) is 421 Å². The summed E-state index contributed by atoms with van der Waals surface area (Å²) in [6.07, 6.45) is 97.4. The average Bonchev–Trinajstić information content (AvgIpc) is 1.20. The van der Waals surface area contributed by atoms with E-state index in [4.69, 9.17) is 19.2 Å². The van der Waals surface area contributed by atoms with Crippen LogP contribution < -0.4 is 0 Å². The molecule has 4 rings (SSSR count). The minimum Gasteiger partial charge on any atom is -0.411 e. The molecular formula is C101H166O9. The fraction of sp³-hybridized carbons (Fsp3) is 0.743. The molecule has 0 spiro atoms. The van der Waals surface area contributed by atoms with Gasteiger partial charge in [-0.1, -0.05) is 330 Å². The lowest BCUT2D eigenvalue weighted by molar-refractivity contribution is -0.309. The van der Waals surface area contributed by atoms with Crippen LogP contribution in [-0.2, 0) is 38.4 Å². The fourth-order valence-electron chi connectivity index (χ4n) is 19.0. The van der Waals surface area contributed by atoms with Crippen molar-refractivity contribution >= 4 is 23.9 Å². The van der Waals surface area contributed by atoms with Crippen molar-refractivity contribution in [3.05, 3.63) is 133 Å². The van der Waals surface area contributed by atoms with E-state index in [0.29, 0.717) is 68.1 Å². The van der Waals surface area contributed by atoms with Gasteiger partial charge < -0.3 is 14.6 Å². The van der Waals surface area contributed by atoms with E-state index >= 15 is 14.4 Å². The van der Waals surface area contributed by atoms with Crippen LogP contribution in [0, 0.1) is 58.2 Å². The quantitative estimate of drug-likeness (QED) is 0.0158. The van der Waals surface area contributed by atoms with Crippen LogP contribution in [0.2, 0.25) is 0 Å². The Hall–Kier alpha value is -5.02. The van der Waals surface area contributed by atoms with Gasteiger partial charge in [-0.05, 0) is 245 Å². The lowest BCUT2D eigenvalue weighted by atomic mass is 9.43. The topological polar surface area (TPSA) is 125 Å². The first-order valence-corrected chi connectivity index (χ1v) is 46.3. The van der Waals surface area contributed by atoms with Crippen molar-refractivity contribution in [1.82, 2.24) is 0 Å². The number of aliphatic hydroxyl groups is 1. The summed E-state index contributed by atoms with van der Waals surface area (Å²) < 4.78 is 13.7. The molecule has 624 valence electrons. The van der Waals surface area contributed by atoms with Crippen LogP contribution in [0.1, 0.15) is 409 Å². The van der Waals surface area contributed by atoms with Crippen LogP contribution >= 0.6 is 0 Å². The Morgan fingerprint density at radius 1 is 0.445 bits per heavy atom. The number of ether oxygens (including phenoxy) is 2. The first-order valence-electron chi connectivity index (χ1n) is 46.3. The van der Waals surface area contributed by atoms with E-state index in [-0.39, 0.29) is 37.0 Å². The molecule has 1 N–H and O–H groups in total. The van der Waals surface area contributed by atoms with Gasteiger partial charge >= 0.3 is 29.7 Å². The van der Waals surface area contributed by atoms with Crippen molar-refractivity contribution < 1.29 is 43.5 Å². The lowest BCUT2D eigenvalue weighted by Gasteiger charge is -2.62. The maximum Gasteiger partial charge on any atom is 0.439 e. The number of carbonyl (C=O) groups is 4. The van der Waals surface area contributed by atoms with Gasteiger partial charge in [-0.3, -0.25) is 9.59 Å². The van der Waals surface area contributed by atoms with Crippen LogP contribution in [0.15, 0.2) is 133 Å². The molecule has 0 bridgehead atoms. The maximum absolute atomic E-state index is 16.2. The first kappa shape index (κ1) is 97.3. The van der Waals surface area contributed by atoms with Crippen LogP contribution in [0.4, 0.5) is 0 Å². The van der Waals surface area contributed by atoms with Crippen LogP contribution in [-0.4, -0.2) is 40.9 Å². The number of hydrogen-bond acceptors (Lipinski definition) is 9. The van der Waals surface area contributed by atoms with Crippen LogP contribution in [0.3, 0.4) is 0 Å². The summed E-state index contributed by atoms with van der Waals surface area (Å²) in [5.41, 5.74) is 0.777. The number of allylic oxidation sites excluding steroid dienone is 21. The lowest BCUT2D eigenvalue weighted by Crippen LogP contribution is -2.62. The third kappa shape index (κ3) is 38.9. The van der Waals surface area contributed by atoms with Gasteiger partial charge in [-0.25, -0.2) is 19.4 Å². The Bertz CT molecular complexity index is 2770. The van der Waals surface area contributed by atoms with Gasteiger partial charge in [0.15, 0.2) is 0 Å². The van der Waals surface area contributed by atoms with Crippen molar-refractivity contribution in [2.75, 3.05) is 0 Å². The van der Waals surface area contributed by atoms with E-state index in [1.807, 2.05) is 0 Å². The van der Waals surface area contributed by atoms with Crippen molar-refractivity contribution in [3.8, 4) is 0 Å². The highest BCUT2D eigenvalue weighted by atomic mass is 17.2. The largest absolute Gasteiger partial charge is 0.439 e. The Balaban J connectivity index is 1.74. The number of carbonyl (C=O) groups excluding carboxylic acids is 4. The minimum absolute atomic E-state index is 0.00489. The second kappa shape index (κ2) is 61.4. The number of unbranched alkanes of at least 4 members (excludes halogenated alkanes) is 27. The number of rotatable bonds is 64. The van der Waals surface area contributed by atoms with Crippen LogP contribution in [0.5, 0.6) is 0 Å². The molecule has 4 aliphatic carbocycles. The van der Waals surface area contributed by atoms with E-state index in [1.165, 1.54) is 115 Å². The SMILES string of the molecule is CC/C=C\C/C=C\C/C=C\CCCCCCCC(=O)OOC(=O)C(OC(=O)CCCCCCC/C=C\C/C=C\CCCCC)(OC(=O)CCCCCCC/C=C\CCCCCCCC)C(C/C=C\C/C=C\C/C=C\C/C=C\CCCCC)C1C[C@H](O)CC2=CC[C@H]3[C@@H]4CC[C@H]([C@H](C)CCCC(C)C)[C@@]4(C)CC[C@@H]3[C@@]21C. The molecule has 3 unspecified atom stereocenters. The summed E-state index contributed by atoms with van der Waals surface area (Å²) in [4.78, 5) is 72.1. The standard InChI is InChI=1S/C101H166O9/c1-10-14-18-22-26-30-34-38-42-46-50-54-58-62-66-73-93(94-84-88(102)83-87-77-78-89-91-80-79-90(86(7)72-70-71-85(5)6)99(91,8)82-81-92(89)100(87,94)9)101(107-95(103)74-67-63-59-55-51-47-43-39-35-31-27-23-19-15-11-2,108-96(104)75-68-64-60-56-52-48-44-40-36-32-28-24-20-16-12-3)98(106)110-109-97(105)76-69-65-61-57-53-49-45-41-37-33-29-25-21-17-13-4/h17,21,26-27,29-31,33,38-45,50,54,62,66,77,85-86,88-94,102H,10-16,18-20,22-25,28,32,34-37,46-49,51-53,55-61,63-65,67-76,78-84H2,1-9H3/b21-17-,30-26-,31-27-,33-29-,42-38-,43-39-,44-40-,45-41-,54-50-,66-62-/t86-,88-,89+,90-,91+,92+,93?,94?,99-,100-,101?/m1/s1. The normalized spacial score (nSPS) is 22.8. The van der Waals surface area contributed by atoms with Crippen molar-refractivity contribution in [2.24, 2.45) is 58.2 Å². The third-order valence-electron chi connectivity index (χ3n) is 25.3. The van der Waals surface area contributed by atoms with Crippen molar-refractivity contribution in [3.63, 3.8) is 0 Å². The Labute approximate surface area is 675 Å². The highest BCUT2D eigenvalue weighted by Gasteiger charge is 2.67. The van der Waals surface area contributed by atoms with Crippen LogP contribution in [0.25, 0.3) is 0 Å². The molecule has 3 saturated carbocycles. The minimum atomic E-state index is -2.67. The molecule has 0 radical (unpaired) electrons. The van der Waals surface area contributed by atoms with E-state index < -0.39 is 53.0 Å². The molecule has 0 heterocycles. The maximum atomic E-state index is 16.2. The summed E-state index contributed by atoms with van der Waals surface area (Å²) in [6.45, 7) is 21.1. The summed E-state index contributed by atoms with van der Waals surface area (Å²) in [7, 11) is 0. The van der Waals surface area contributed by atoms with Gasteiger partial charge in [0.05, 0.1) is 18.4 Å². The predicted molar refractivity (Wildman–Crippen MR) is 466 cm³/mol. The molecule has 0 aromatic rings. The van der Waals surface area contributed by atoms with E-state index in [1.54, 1.807) is 0 Å². The molecule has 9 heteroatoms. The van der Waals surface area contributed by atoms with E-state index in [0.717, 1.165) is 173 Å². The number of esters is 2. The molecule has 0 aromatic heterocycles. The van der Waals surface area contributed by atoms with Gasteiger partial charge in [0.25, 0.3) is 0 Å². The summed E-state index contributed by atoms with van der Waals surface area (Å²) in [6, 6.07) is 0. The monoisotopic (exact) mass is 1520 g/mol. The molecular weight excluding hydrogens is 1360 g/mol. The molecule has 0 amide bonds. The fourth-order valence-corrected chi connectivity index (χ4v) is 19.0. The second-order valence-electron chi connectivity index (χ2n) is 34.6. The van der Waals surface area contributed by atoms with Gasteiger partial charge in [0.1, 0.15) is 0 Å². The molecule has 0 saturated heterocycles. The zero-order chi connectivity index (χ0) is 79.4. The average molecular weight is 1520 g/mol. The van der Waals surface area contributed by atoms with E-state index in [2.05, 4.69) is 190 Å². The molecule has 4 aliphatic rings. The highest BCUT2D eigenvalue weighted by molar-refractivity contribution is 5.86. The number of aliphatic hydroxyl groups excluding tert-OH is 1. The van der Waals surface area contributed by atoms with Crippen molar-refractivity contribution in [1.29, 1.82) is 0 Å². The summed E-state index contributed by atoms with van der Waals surface area (Å²) in [5, 5.41) is 12.5. The molecule has 0 aliphatic heterocycles. The zero-order valence-electron chi connectivity index (χ0n) is 72.2. The predicted octanol–water partition coefficient (Wildman–Crippen LogP) is 29.8. The molecule has 11 atom stereocenters. The Kier molecular flexibility index (Phi) is 54.4. The number of hydrogen-bond donors (Lipinski definition) is 1. The smallest absolute Gasteiger partial charge is 0.411 e. The van der Waals surface area contributed by atoms with E-state index in [9.17, 15) is 9.90 Å². The molecule has 110 heavy (non-hydrogen) atoms. The zero-order valence-corrected chi connectivity index (χ0v) is 72.2. The Morgan fingerprint density at radius 3 is 1.31 bits per heavy atom. The first-order chi connectivity index (χ1) is 53.6. The van der Waals surface area contributed by atoms with Gasteiger partial charge in [0.2, 0.25) is 0 Å². The highest BCUT2D eigenvalue weighted by Crippen LogP contribution is 2.70. The number of fused-ring (bicyclic) bond motifs is 5. The molecule has 0 aromatic carbocycles. The van der Waals surface area contributed by atoms with Gasteiger partial charge in [-0.2, -0.15) is 0 Å².